The second-order valence-electron chi connectivity index (χ2n) is 2.94. The van der Waals surface area contributed by atoms with Crippen molar-refractivity contribution in [2.45, 2.75) is 12.0 Å². The quantitative estimate of drug-likeness (QED) is 0.656. The zero-order chi connectivity index (χ0) is 9.47. The van der Waals surface area contributed by atoms with Crippen LogP contribution < -0.4 is 5.32 Å². The Hall–Kier alpha value is -1.45. The molecular weight excluding hydrogens is 176 g/mol. The molecule has 1 atom stereocenters. The number of benzene rings is 1. The zero-order valence-corrected chi connectivity index (χ0v) is 6.63. The molecule has 0 radical (unpaired) electrons. The molecule has 0 spiro atoms. The van der Waals surface area contributed by atoms with Gasteiger partial charge in [0.2, 0.25) is 0 Å². The summed E-state index contributed by atoms with van der Waals surface area (Å²) >= 11 is 0. The molecule has 1 saturated heterocycles. The maximum atomic E-state index is 12.9. The van der Waals surface area contributed by atoms with E-state index in [0.717, 1.165) is 0 Å². The van der Waals surface area contributed by atoms with Crippen LogP contribution in [0.4, 0.5) is 8.78 Å². The molecule has 1 aliphatic rings. The minimum atomic E-state index is -3.25. The van der Waals surface area contributed by atoms with Gasteiger partial charge >= 0.3 is 5.92 Å². The van der Waals surface area contributed by atoms with Gasteiger partial charge in [0.25, 0.3) is 5.91 Å². The van der Waals surface area contributed by atoms with Crippen LogP contribution in [0, 0.1) is 0 Å². The first kappa shape index (κ1) is 8.16. The number of carbonyl (C=O) groups is 1. The topological polar surface area (TPSA) is 29.1 Å². The molecule has 1 heterocycles. The van der Waals surface area contributed by atoms with Crippen molar-refractivity contribution in [1.82, 2.24) is 5.32 Å². The number of hydrogen-bond acceptors (Lipinski definition) is 1. The van der Waals surface area contributed by atoms with E-state index in [4.69, 9.17) is 0 Å². The lowest BCUT2D eigenvalue weighted by molar-refractivity contribution is -0.171. The van der Waals surface area contributed by atoms with Gasteiger partial charge in [-0.1, -0.05) is 30.3 Å². The first-order valence-corrected chi connectivity index (χ1v) is 3.86. The molecular formula is C9H7F2NO. The fourth-order valence-corrected chi connectivity index (χ4v) is 1.31. The van der Waals surface area contributed by atoms with E-state index in [-0.39, 0.29) is 0 Å². The highest BCUT2D eigenvalue weighted by Crippen LogP contribution is 2.38. The second-order valence-corrected chi connectivity index (χ2v) is 2.94. The van der Waals surface area contributed by atoms with Gasteiger partial charge in [-0.25, -0.2) is 0 Å². The molecule has 1 fully saturated rings. The summed E-state index contributed by atoms with van der Waals surface area (Å²) in [5, 5.41) is 2.16. The maximum absolute atomic E-state index is 12.9. The number of carbonyl (C=O) groups excluding carboxylic acids is 1. The second kappa shape index (κ2) is 2.52. The molecule has 1 aliphatic heterocycles. The average Bonchev–Trinajstić information content (AvgIpc) is 2.15. The standard InChI is InChI=1S/C9H7F2NO/c10-9(11)7(12-8(9)13)6-4-2-1-3-5-6/h1-5,7H,(H,12,13)/t7-/m1/s1. The minimum Gasteiger partial charge on any atom is -0.337 e. The Morgan fingerprint density at radius 3 is 2.31 bits per heavy atom. The van der Waals surface area contributed by atoms with Crippen molar-refractivity contribution in [2.24, 2.45) is 0 Å². The van der Waals surface area contributed by atoms with Gasteiger partial charge in [0, 0.05) is 0 Å². The lowest BCUT2D eigenvalue weighted by atomic mass is 9.93. The summed E-state index contributed by atoms with van der Waals surface area (Å²) < 4.78 is 25.7. The molecule has 0 aromatic heterocycles. The van der Waals surface area contributed by atoms with Crippen molar-refractivity contribution >= 4 is 5.91 Å². The van der Waals surface area contributed by atoms with Crippen LogP contribution in [0.15, 0.2) is 30.3 Å². The summed E-state index contributed by atoms with van der Waals surface area (Å²) in [5.74, 6) is -4.44. The molecule has 0 unspecified atom stereocenters. The van der Waals surface area contributed by atoms with Gasteiger partial charge in [0.1, 0.15) is 6.04 Å². The number of rotatable bonds is 1. The average molecular weight is 183 g/mol. The van der Waals surface area contributed by atoms with Crippen LogP contribution in [0.1, 0.15) is 11.6 Å². The van der Waals surface area contributed by atoms with E-state index in [2.05, 4.69) is 5.32 Å². The number of amides is 1. The van der Waals surface area contributed by atoms with Crippen molar-refractivity contribution in [2.75, 3.05) is 0 Å². The molecule has 1 amide bonds. The van der Waals surface area contributed by atoms with E-state index in [1.54, 1.807) is 30.3 Å². The van der Waals surface area contributed by atoms with Crippen LogP contribution in [-0.4, -0.2) is 11.8 Å². The van der Waals surface area contributed by atoms with Crippen LogP contribution in [-0.2, 0) is 4.79 Å². The zero-order valence-electron chi connectivity index (χ0n) is 6.63. The number of β-lactam (4-membered cyclic amide) rings is 1. The maximum Gasteiger partial charge on any atom is 0.348 e. The van der Waals surface area contributed by atoms with Crippen LogP contribution in [0.5, 0.6) is 0 Å². The van der Waals surface area contributed by atoms with Crippen molar-refractivity contribution in [3.05, 3.63) is 35.9 Å². The minimum absolute atomic E-state index is 0.437. The SMILES string of the molecule is O=C1N[C@H](c2ccccc2)C1(F)F. The van der Waals surface area contributed by atoms with Crippen LogP contribution in [0.2, 0.25) is 0 Å². The van der Waals surface area contributed by atoms with Gasteiger partial charge in [-0.2, -0.15) is 8.78 Å². The summed E-state index contributed by atoms with van der Waals surface area (Å²) in [6.45, 7) is 0. The number of nitrogens with one attached hydrogen (secondary N) is 1. The Kier molecular flexibility index (Phi) is 1.58. The van der Waals surface area contributed by atoms with Gasteiger partial charge in [0.05, 0.1) is 0 Å². The number of alkyl halides is 2. The van der Waals surface area contributed by atoms with E-state index >= 15 is 0 Å². The van der Waals surface area contributed by atoms with E-state index < -0.39 is 17.9 Å². The van der Waals surface area contributed by atoms with E-state index in [0.29, 0.717) is 5.56 Å². The van der Waals surface area contributed by atoms with Gasteiger partial charge < -0.3 is 5.32 Å². The smallest absolute Gasteiger partial charge is 0.337 e. The molecule has 1 aromatic carbocycles. The molecule has 13 heavy (non-hydrogen) atoms. The highest BCUT2D eigenvalue weighted by molar-refractivity contribution is 5.91. The largest absolute Gasteiger partial charge is 0.348 e. The Labute approximate surface area is 73.6 Å². The van der Waals surface area contributed by atoms with Crippen molar-refractivity contribution < 1.29 is 13.6 Å². The fraction of sp³-hybridized carbons (Fsp3) is 0.222. The molecule has 2 nitrogen and oxygen atoms in total. The van der Waals surface area contributed by atoms with E-state index in [9.17, 15) is 13.6 Å². The first-order chi connectivity index (χ1) is 6.12. The third-order valence-corrected chi connectivity index (χ3v) is 2.07. The normalized spacial score (nSPS) is 24.8. The first-order valence-electron chi connectivity index (χ1n) is 3.86. The summed E-state index contributed by atoms with van der Waals surface area (Å²) in [4.78, 5) is 10.5. The third kappa shape index (κ3) is 1.09. The lowest BCUT2D eigenvalue weighted by Gasteiger charge is -2.36. The van der Waals surface area contributed by atoms with Gasteiger partial charge in [-0.15, -0.1) is 0 Å². The lowest BCUT2D eigenvalue weighted by Crippen LogP contribution is -2.61. The number of hydrogen-bond donors (Lipinski definition) is 1. The molecule has 0 bridgehead atoms. The third-order valence-electron chi connectivity index (χ3n) is 2.07. The van der Waals surface area contributed by atoms with Crippen LogP contribution >= 0.6 is 0 Å². The molecule has 4 heteroatoms. The monoisotopic (exact) mass is 183 g/mol. The van der Waals surface area contributed by atoms with Crippen LogP contribution in [0.25, 0.3) is 0 Å². The van der Waals surface area contributed by atoms with Crippen molar-refractivity contribution in [1.29, 1.82) is 0 Å². The Morgan fingerprint density at radius 2 is 1.85 bits per heavy atom. The summed E-state index contributed by atoms with van der Waals surface area (Å²) in [6, 6.07) is 7.05. The molecule has 2 rings (SSSR count). The Balaban J connectivity index is 2.27. The summed E-state index contributed by atoms with van der Waals surface area (Å²) in [5.41, 5.74) is 0.437. The van der Waals surface area contributed by atoms with Crippen molar-refractivity contribution in [3.63, 3.8) is 0 Å². The summed E-state index contributed by atoms with van der Waals surface area (Å²) in [6.07, 6.45) is 0. The predicted molar refractivity (Wildman–Crippen MR) is 42.3 cm³/mol. The van der Waals surface area contributed by atoms with Crippen molar-refractivity contribution in [3.8, 4) is 0 Å². The molecule has 0 aliphatic carbocycles. The molecule has 68 valence electrons. The molecule has 1 aromatic rings. The number of halogens is 2. The van der Waals surface area contributed by atoms with Gasteiger partial charge in [-0.3, -0.25) is 4.79 Å². The van der Waals surface area contributed by atoms with E-state index in [1.807, 2.05) is 0 Å². The van der Waals surface area contributed by atoms with E-state index in [1.165, 1.54) is 0 Å². The van der Waals surface area contributed by atoms with Gasteiger partial charge in [-0.05, 0) is 5.56 Å². The fourth-order valence-electron chi connectivity index (χ4n) is 1.31. The summed E-state index contributed by atoms with van der Waals surface area (Å²) in [7, 11) is 0. The Bertz CT molecular complexity index is 337. The molecule has 0 saturated carbocycles. The predicted octanol–water partition coefficient (Wildman–Crippen LogP) is 1.49. The highest BCUT2D eigenvalue weighted by Gasteiger charge is 2.58. The molecule has 1 N–H and O–H groups in total. The highest BCUT2D eigenvalue weighted by atomic mass is 19.3. The Morgan fingerprint density at radius 1 is 1.23 bits per heavy atom. The van der Waals surface area contributed by atoms with Gasteiger partial charge in [0.15, 0.2) is 0 Å². The van der Waals surface area contributed by atoms with Crippen LogP contribution in [0.3, 0.4) is 0 Å².